The molecular weight excluding hydrogens is 263 g/mol. The Morgan fingerprint density at radius 1 is 1.05 bits per heavy atom. The minimum Gasteiger partial charge on any atom is -0.507 e. The van der Waals surface area contributed by atoms with Crippen molar-refractivity contribution < 1.29 is 9.50 Å². The lowest BCUT2D eigenvalue weighted by molar-refractivity contribution is 0.349. The fourth-order valence-electron chi connectivity index (χ4n) is 2.47. The van der Waals surface area contributed by atoms with Gasteiger partial charge in [-0.3, -0.25) is 0 Å². The molecule has 2 aromatic carbocycles. The summed E-state index contributed by atoms with van der Waals surface area (Å²) >= 11 is 0. The van der Waals surface area contributed by atoms with Gasteiger partial charge < -0.3 is 5.11 Å². The molecule has 0 aliphatic rings. The number of hydrogen-bond acceptors (Lipinski definition) is 1. The van der Waals surface area contributed by atoms with Gasteiger partial charge in [-0.05, 0) is 59.7 Å². The van der Waals surface area contributed by atoms with Gasteiger partial charge in [-0.1, -0.05) is 39.3 Å². The number of phenolic OH excluding ortho intramolecular Hbond substituents is 1. The molecule has 0 aliphatic carbocycles. The highest BCUT2D eigenvalue weighted by atomic mass is 19.1. The lowest BCUT2D eigenvalue weighted by Gasteiger charge is -2.23. The zero-order chi connectivity index (χ0) is 15.6. The highest BCUT2D eigenvalue weighted by molar-refractivity contribution is 5.73. The number of benzene rings is 2. The number of rotatable bonds is 4. The Morgan fingerprint density at radius 3 is 2.43 bits per heavy atom. The summed E-state index contributed by atoms with van der Waals surface area (Å²) in [5, 5.41) is 10.1. The van der Waals surface area contributed by atoms with E-state index in [2.05, 4.69) is 20.8 Å². The van der Waals surface area contributed by atoms with Crippen molar-refractivity contribution in [3.63, 3.8) is 0 Å². The third-order valence-electron chi connectivity index (χ3n) is 4.19. The van der Waals surface area contributed by atoms with Crippen LogP contribution in [-0.4, -0.2) is 5.11 Å². The van der Waals surface area contributed by atoms with Crippen molar-refractivity contribution in [2.75, 3.05) is 0 Å². The van der Waals surface area contributed by atoms with E-state index in [0.717, 1.165) is 24.0 Å². The molecule has 0 saturated heterocycles. The molecule has 2 aromatic rings. The molecule has 1 nitrogen and oxygen atoms in total. The SMILES string of the molecule is CCC(C)(C)Cc1ccc(O)c(-c2cc(F)ccc2C)c1. The summed E-state index contributed by atoms with van der Waals surface area (Å²) in [6.07, 6.45) is 2.02. The molecule has 1 N–H and O–H groups in total. The monoisotopic (exact) mass is 286 g/mol. The smallest absolute Gasteiger partial charge is 0.123 e. The first kappa shape index (κ1) is 15.6. The second kappa shape index (κ2) is 5.88. The predicted molar refractivity (Wildman–Crippen MR) is 86.0 cm³/mol. The zero-order valence-corrected chi connectivity index (χ0v) is 13.2. The Hall–Kier alpha value is -1.83. The van der Waals surface area contributed by atoms with Crippen molar-refractivity contribution in [3.8, 4) is 16.9 Å². The van der Waals surface area contributed by atoms with E-state index < -0.39 is 0 Å². The van der Waals surface area contributed by atoms with Crippen LogP contribution < -0.4 is 0 Å². The third-order valence-corrected chi connectivity index (χ3v) is 4.19. The van der Waals surface area contributed by atoms with Crippen LogP contribution in [0, 0.1) is 18.2 Å². The Morgan fingerprint density at radius 2 is 1.76 bits per heavy atom. The minimum atomic E-state index is -0.283. The predicted octanol–water partition coefficient (Wildman–Crippen LogP) is 5.49. The molecule has 0 aliphatic heterocycles. The summed E-state index contributed by atoms with van der Waals surface area (Å²) in [5.41, 5.74) is 3.79. The lowest BCUT2D eigenvalue weighted by Crippen LogP contribution is -2.13. The Labute approximate surface area is 126 Å². The number of halogens is 1. The highest BCUT2D eigenvalue weighted by Crippen LogP contribution is 2.35. The molecule has 0 atom stereocenters. The van der Waals surface area contributed by atoms with Gasteiger partial charge in [-0.2, -0.15) is 0 Å². The van der Waals surface area contributed by atoms with Crippen LogP contribution in [-0.2, 0) is 6.42 Å². The fourth-order valence-corrected chi connectivity index (χ4v) is 2.47. The van der Waals surface area contributed by atoms with Crippen molar-refractivity contribution in [2.24, 2.45) is 5.41 Å². The van der Waals surface area contributed by atoms with Gasteiger partial charge in [0.25, 0.3) is 0 Å². The molecule has 2 heteroatoms. The molecule has 0 saturated carbocycles. The quantitative estimate of drug-likeness (QED) is 0.788. The van der Waals surface area contributed by atoms with E-state index in [4.69, 9.17) is 0 Å². The number of phenols is 1. The third kappa shape index (κ3) is 3.63. The normalized spacial score (nSPS) is 11.7. The van der Waals surface area contributed by atoms with Crippen LogP contribution in [0.5, 0.6) is 5.75 Å². The van der Waals surface area contributed by atoms with Crippen LogP contribution >= 0.6 is 0 Å². The maximum atomic E-state index is 13.5. The molecule has 112 valence electrons. The summed E-state index contributed by atoms with van der Waals surface area (Å²) < 4.78 is 13.5. The highest BCUT2D eigenvalue weighted by Gasteiger charge is 2.17. The topological polar surface area (TPSA) is 20.2 Å². The van der Waals surface area contributed by atoms with Crippen molar-refractivity contribution in [2.45, 2.75) is 40.5 Å². The molecular formula is C19H23FO. The van der Waals surface area contributed by atoms with E-state index in [1.807, 2.05) is 19.1 Å². The average Bonchev–Trinajstić information content (AvgIpc) is 2.43. The molecule has 0 unspecified atom stereocenters. The zero-order valence-electron chi connectivity index (χ0n) is 13.2. The van der Waals surface area contributed by atoms with Crippen LogP contribution in [0.3, 0.4) is 0 Å². The van der Waals surface area contributed by atoms with Gasteiger partial charge in [0.2, 0.25) is 0 Å². The van der Waals surface area contributed by atoms with Crippen molar-refractivity contribution in [3.05, 3.63) is 53.3 Å². The average molecular weight is 286 g/mol. The van der Waals surface area contributed by atoms with Crippen LogP contribution in [0.15, 0.2) is 36.4 Å². The van der Waals surface area contributed by atoms with Gasteiger partial charge >= 0.3 is 0 Å². The van der Waals surface area contributed by atoms with Crippen molar-refractivity contribution in [1.29, 1.82) is 0 Å². The molecule has 0 spiro atoms. The minimum absolute atomic E-state index is 0.196. The summed E-state index contributed by atoms with van der Waals surface area (Å²) in [7, 11) is 0. The molecule has 0 heterocycles. The molecule has 0 radical (unpaired) electrons. The molecule has 0 aromatic heterocycles. The lowest BCUT2D eigenvalue weighted by atomic mass is 9.82. The fraction of sp³-hybridized carbons (Fsp3) is 0.368. The number of aromatic hydroxyl groups is 1. The van der Waals surface area contributed by atoms with Gasteiger partial charge in [0, 0.05) is 5.56 Å². The molecule has 0 amide bonds. The van der Waals surface area contributed by atoms with Crippen LogP contribution in [0.2, 0.25) is 0 Å². The van der Waals surface area contributed by atoms with Gasteiger partial charge in [0.05, 0.1) is 0 Å². The van der Waals surface area contributed by atoms with E-state index >= 15 is 0 Å². The van der Waals surface area contributed by atoms with Gasteiger partial charge in [0.15, 0.2) is 0 Å². The van der Waals surface area contributed by atoms with E-state index in [1.54, 1.807) is 12.1 Å². The Bertz CT molecular complexity index is 644. The van der Waals surface area contributed by atoms with E-state index in [0.29, 0.717) is 5.56 Å². The number of aryl methyl sites for hydroxylation is 1. The Kier molecular flexibility index (Phi) is 4.36. The van der Waals surface area contributed by atoms with Crippen LogP contribution in [0.1, 0.15) is 38.3 Å². The van der Waals surface area contributed by atoms with Gasteiger partial charge in [-0.25, -0.2) is 4.39 Å². The second-order valence-electron chi connectivity index (χ2n) is 6.51. The first-order valence-corrected chi connectivity index (χ1v) is 7.41. The maximum absolute atomic E-state index is 13.5. The number of hydrogen-bond donors (Lipinski definition) is 1. The summed E-state index contributed by atoms with van der Waals surface area (Å²) in [6, 6.07) is 10.3. The molecule has 2 rings (SSSR count). The van der Waals surface area contributed by atoms with Crippen LogP contribution in [0.25, 0.3) is 11.1 Å². The summed E-state index contributed by atoms with van der Waals surface area (Å²) in [6.45, 7) is 8.56. The van der Waals surface area contributed by atoms with Crippen molar-refractivity contribution in [1.82, 2.24) is 0 Å². The van der Waals surface area contributed by atoms with E-state index in [1.165, 1.54) is 17.7 Å². The molecule has 0 fully saturated rings. The van der Waals surface area contributed by atoms with E-state index in [9.17, 15) is 9.50 Å². The maximum Gasteiger partial charge on any atom is 0.123 e. The standard InChI is InChI=1S/C19H23FO/c1-5-19(3,4)12-14-7-9-18(21)17(10-14)16-11-15(20)8-6-13(16)2/h6-11,21H,5,12H2,1-4H3. The molecule has 0 bridgehead atoms. The van der Waals surface area contributed by atoms with Crippen molar-refractivity contribution >= 4 is 0 Å². The van der Waals surface area contributed by atoms with E-state index in [-0.39, 0.29) is 17.0 Å². The first-order valence-electron chi connectivity index (χ1n) is 7.41. The Balaban J connectivity index is 2.47. The van der Waals surface area contributed by atoms with Gasteiger partial charge in [0.1, 0.15) is 11.6 Å². The summed E-state index contributed by atoms with van der Waals surface area (Å²) in [5.74, 6) is -0.0870. The summed E-state index contributed by atoms with van der Waals surface area (Å²) in [4.78, 5) is 0. The van der Waals surface area contributed by atoms with Gasteiger partial charge in [-0.15, -0.1) is 0 Å². The second-order valence-corrected chi connectivity index (χ2v) is 6.51. The molecule has 21 heavy (non-hydrogen) atoms. The van der Waals surface area contributed by atoms with Crippen LogP contribution in [0.4, 0.5) is 4.39 Å². The largest absolute Gasteiger partial charge is 0.507 e. The first-order chi connectivity index (χ1) is 9.82.